The third kappa shape index (κ3) is 3.69. The normalized spacial score (nSPS) is 12.1. The summed E-state index contributed by atoms with van der Waals surface area (Å²) in [5.74, 6) is -0.836. The molecular weight excluding hydrogens is 246 g/mol. The number of benzene rings is 1. The van der Waals surface area contributed by atoms with Crippen LogP contribution in [0.15, 0.2) is 18.2 Å². The van der Waals surface area contributed by atoms with Crippen molar-refractivity contribution < 1.29 is 14.3 Å². The van der Waals surface area contributed by atoms with E-state index >= 15 is 0 Å². The van der Waals surface area contributed by atoms with Gasteiger partial charge in [-0.25, -0.2) is 4.79 Å². The number of hydrogen-bond donors (Lipinski definition) is 3. The number of amides is 1. The van der Waals surface area contributed by atoms with Crippen molar-refractivity contribution in [3.05, 3.63) is 23.8 Å². The third-order valence-corrected chi connectivity index (χ3v) is 2.75. The van der Waals surface area contributed by atoms with Gasteiger partial charge in [0.2, 0.25) is 5.91 Å². The molecule has 104 valence electrons. The molecule has 6 heteroatoms. The summed E-state index contributed by atoms with van der Waals surface area (Å²) in [6.45, 7) is 3.69. The van der Waals surface area contributed by atoms with Gasteiger partial charge in [0.25, 0.3) is 0 Å². The Labute approximate surface area is 112 Å². The molecule has 1 unspecified atom stereocenters. The van der Waals surface area contributed by atoms with E-state index < -0.39 is 12.0 Å². The fourth-order valence-electron chi connectivity index (χ4n) is 1.43. The summed E-state index contributed by atoms with van der Waals surface area (Å²) in [6, 6.07) is 3.88. The number of methoxy groups -OCH3 is 1. The number of carbonyl (C=O) groups is 2. The first-order valence-electron chi connectivity index (χ1n) is 5.91. The standard InChI is InChI=1S/C13H19N3O3/c1-7(2)11(15)12(17)16-10-6-8(13(18)19-3)4-5-9(10)14/h4-7,11H,14-15H2,1-3H3,(H,16,17). The van der Waals surface area contributed by atoms with Crippen LogP contribution in [0.4, 0.5) is 11.4 Å². The van der Waals surface area contributed by atoms with Crippen molar-refractivity contribution in [2.75, 3.05) is 18.2 Å². The van der Waals surface area contributed by atoms with E-state index in [4.69, 9.17) is 11.5 Å². The zero-order valence-electron chi connectivity index (χ0n) is 11.3. The molecule has 1 atom stereocenters. The molecule has 1 aromatic rings. The van der Waals surface area contributed by atoms with Gasteiger partial charge in [0, 0.05) is 0 Å². The number of ether oxygens (including phenoxy) is 1. The molecule has 0 radical (unpaired) electrons. The van der Waals surface area contributed by atoms with Crippen molar-refractivity contribution in [3.63, 3.8) is 0 Å². The average molecular weight is 265 g/mol. The van der Waals surface area contributed by atoms with E-state index in [-0.39, 0.29) is 11.8 Å². The first kappa shape index (κ1) is 15.0. The fraction of sp³-hybridized carbons (Fsp3) is 0.385. The predicted molar refractivity (Wildman–Crippen MR) is 73.6 cm³/mol. The highest BCUT2D eigenvalue weighted by Gasteiger charge is 2.18. The van der Waals surface area contributed by atoms with Crippen LogP contribution in [0.25, 0.3) is 0 Å². The van der Waals surface area contributed by atoms with Crippen molar-refractivity contribution in [2.45, 2.75) is 19.9 Å². The van der Waals surface area contributed by atoms with E-state index in [0.717, 1.165) is 0 Å². The molecule has 1 aromatic carbocycles. The maximum atomic E-state index is 11.8. The monoisotopic (exact) mass is 265 g/mol. The lowest BCUT2D eigenvalue weighted by Crippen LogP contribution is -2.39. The maximum Gasteiger partial charge on any atom is 0.337 e. The van der Waals surface area contributed by atoms with Gasteiger partial charge in [0.05, 0.1) is 30.1 Å². The van der Waals surface area contributed by atoms with Crippen LogP contribution in [-0.2, 0) is 9.53 Å². The van der Waals surface area contributed by atoms with Crippen LogP contribution in [0.2, 0.25) is 0 Å². The highest BCUT2D eigenvalue weighted by atomic mass is 16.5. The number of nitrogen functional groups attached to an aromatic ring is 1. The highest BCUT2D eigenvalue weighted by molar-refractivity contribution is 5.99. The van der Waals surface area contributed by atoms with Crippen LogP contribution in [-0.4, -0.2) is 25.0 Å². The molecule has 0 aliphatic rings. The molecule has 0 bridgehead atoms. The quantitative estimate of drug-likeness (QED) is 0.555. The van der Waals surface area contributed by atoms with Crippen molar-refractivity contribution in [2.24, 2.45) is 11.7 Å². The number of esters is 1. The van der Waals surface area contributed by atoms with Gasteiger partial charge in [-0.3, -0.25) is 4.79 Å². The van der Waals surface area contributed by atoms with Crippen LogP contribution in [0.1, 0.15) is 24.2 Å². The van der Waals surface area contributed by atoms with Crippen molar-refractivity contribution >= 4 is 23.3 Å². The van der Waals surface area contributed by atoms with Gasteiger partial charge >= 0.3 is 5.97 Å². The van der Waals surface area contributed by atoms with Gasteiger partial charge < -0.3 is 21.5 Å². The summed E-state index contributed by atoms with van der Waals surface area (Å²) >= 11 is 0. The van der Waals surface area contributed by atoms with E-state index in [1.54, 1.807) is 0 Å². The SMILES string of the molecule is COC(=O)c1ccc(N)c(NC(=O)C(N)C(C)C)c1. The zero-order chi connectivity index (χ0) is 14.6. The Hall–Kier alpha value is -2.08. The van der Waals surface area contributed by atoms with Gasteiger partial charge in [0.1, 0.15) is 0 Å². The van der Waals surface area contributed by atoms with E-state index in [0.29, 0.717) is 16.9 Å². The molecule has 5 N–H and O–H groups in total. The summed E-state index contributed by atoms with van der Waals surface area (Å²) in [5, 5.41) is 2.61. The number of nitrogens with one attached hydrogen (secondary N) is 1. The first-order chi connectivity index (χ1) is 8.86. The van der Waals surface area contributed by atoms with Gasteiger partial charge in [-0.15, -0.1) is 0 Å². The van der Waals surface area contributed by atoms with Gasteiger partial charge in [-0.2, -0.15) is 0 Å². The number of hydrogen-bond acceptors (Lipinski definition) is 5. The molecule has 19 heavy (non-hydrogen) atoms. The van der Waals surface area contributed by atoms with Crippen molar-refractivity contribution in [1.29, 1.82) is 0 Å². The minimum atomic E-state index is -0.638. The zero-order valence-corrected chi connectivity index (χ0v) is 11.3. The average Bonchev–Trinajstić information content (AvgIpc) is 2.39. The maximum absolute atomic E-state index is 11.8. The topological polar surface area (TPSA) is 107 Å². The molecule has 0 heterocycles. The Bertz CT molecular complexity index is 486. The Balaban J connectivity index is 2.94. The van der Waals surface area contributed by atoms with Crippen LogP contribution in [0.5, 0.6) is 0 Å². The Morgan fingerprint density at radius 2 is 1.95 bits per heavy atom. The molecule has 0 aliphatic carbocycles. The molecule has 1 rings (SSSR count). The first-order valence-corrected chi connectivity index (χ1v) is 5.91. The molecule has 0 saturated carbocycles. The second kappa shape index (κ2) is 6.19. The predicted octanol–water partition coefficient (Wildman–Crippen LogP) is 0.977. The highest BCUT2D eigenvalue weighted by Crippen LogP contribution is 2.21. The van der Waals surface area contributed by atoms with Crippen LogP contribution in [0, 0.1) is 5.92 Å². The smallest absolute Gasteiger partial charge is 0.337 e. The van der Waals surface area contributed by atoms with Crippen molar-refractivity contribution in [3.8, 4) is 0 Å². The minimum absolute atomic E-state index is 0.00464. The minimum Gasteiger partial charge on any atom is -0.465 e. The molecule has 0 spiro atoms. The second-order valence-electron chi connectivity index (χ2n) is 4.55. The molecular formula is C13H19N3O3. The van der Waals surface area contributed by atoms with Crippen molar-refractivity contribution in [1.82, 2.24) is 0 Å². The van der Waals surface area contributed by atoms with E-state index in [9.17, 15) is 9.59 Å². The number of anilines is 2. The molecule has 0 fully saturated rings. The Morgan fingerprint density at radius 3 is 2.47 bits per heavy atom. The third-order valence-electron chi connectivity index (χ3n) is 2.75. The number of carbonyl (C=O) groups excluding carboxylic acids is 2. The summed E-state index contributed by atoms with van der Waals surface area (Å²) < 4.78 is 4.60. The molecule has 0 aliphatic heterocycles. The molecule has 0 aromatic heterocycles. The van der Waals surface area contributed by atoms with E-state index in [2.05, 4.69) is 10.1 Å². The molecule has 1 amide bonds. The van der Waals surface area contributed by atoms with E-state index in [1.807, 2.05) is 13.8 Å². The summed E-state index contributed by atoms with van der Waals surface area (Å²) in [6.07, 6.45) is 0. The summed E-state index contributed by atoms with van der Waals surface area (Å²) in [5.41, 5.74) is 12.5. The van der Waals surface area contributed by atoms with Crippen LogP contribution >= 0.6 is 0 Å². The Morgan fingerprint density at radius 1 is 1.32 bits per heavy atom. The lowest BCUT2D eigenvalue weighted by Gasteiger charge is -2.16. The largest absolute Gasteiger partial charge is 0.465 e. The van der Waals surface area contributed by atoms with E-state index in [1.165, 1.54) is 25.3 Å². The second-order valence-corrected chi connectivity index (χ2v) is 4.55. The lowest BCUT2D eigenvalue weighted by atomic mass is 10.0. The summed E-state index contributed by atoms with van der Waals surface area (Å²) in [7, 11) is 1.28. The fourth-order valence-corrected chi connectivity index (χ4v) is 1.43. The number of nitrogens with two attached hydrogens (primary N) is 2. The van der Waals surface area contributed by atoms with Gasteiger partial charge in [-0.1, -0.05) is 13.8 Å². The lowest BCUT2D eigenvalue weighted by molar-refractivity contribution is -0.118. The Kier molecular flexibility index (Phi) is 4.88. The van der Waals surface area contributed by atoms with Crippen LogP contribution < -0.4 is 16.8 Å². The summed E-state index contributed by atoms with van der Waals surface area (Å²) in [4.78, 5) is 23.3. The number of rotatable bonds is 4. The molecule has 0 saturated heterocycles. The van der Waals surface area contributed by atoms with Gasteiger partial charge in [-0.05, 0) is 24.1 Å². The molecule has 6 nitrogen and oxygen atoms in total. The van der Waals surface area contributed by atoms with Gasteiger partial charge in [0.15, 0.2) is 0 Å². The van der Waals surface area contributed by atoms with Crippen LogP contribution in [0.3, 0.4) is 0 Å².